The average Bonchev–Trinajstić information content (AvgIpc) is 3.09. The lowest BCUT2D eigenvalue weighted by atomic mass is 10.1. The summed E-state index contributed by atoms with van der Waals surface area (Å²) in [7, 11) is -1.10. The lowest BCUT2D eigenvalue weighted by Crippen LogP contribution is -2.31. The van der Waals surface area contributed by atoms with Crippen LogP contribution in [-0.2, 0) is 17.2 Å². The van der Waals surface area contributed by atoms with Crippen molar-refractivity contribution >= 4 is 39.7 Å². The number of aryl methyl sites for hydroxylation is 1. The van der Waals surface area contributed by atoms with Crippen molar-refractivity contribution in [2.45, 2.75) is 30.7 Å². The van der Waals surface area contributed by atoms with E-state index in [2.05, 4.69) is 36.2 Å². The molecular weight excluding hydrogens is 400 g/mol. The van der Waals surface area contributed by atoms with Gasteiger partial charge < -0.3 is 15.3 Å². The van der Waals surface area contributed by atoms with E-state index in [4.69, 9.17) is 11.6 Å². The molecule has 0 radical (unpaired) electrons. The Morgan fingerprint density at radius 2 is 2.11 bits per heavy atom. The van der Waals surface area contributed by atoms with E-state index in [9.17, 15) is 9.32 Å². The fourth-order valence-corrected chi connectivity index (χ4v) is 4.65. The summed E-state index contributed by atoms with van der Waals surface area (Å²) in [6.45, 7) is 3.19. The van der Waals surface area contributed by atoms with E-state index in [-0.39, 0.29) is 12.6 Å². The van der Waals surface area contributed by atoms with E-state index < -0.39 is 10.8 Å². The summed E-state index contributed by atoms with van der Waals surface area (Å²) in [4.78, 5) is 20.6. The molecule has 2 atom stereocenters. The highest BCUT2D eigenvalue weighted by molar-refractivity contribution is 7.85. The lowest BCUT2D eigenvalue weighted by molar-refractivity contribution is 0.281. The Labute approximate surface area is 170 Å². The van der Waals surface area contributed by atoms with Crippen molar-refractivity contribution in [3.05, 3.63) is 35.0 Å². The molecule has 4 heterocycles. The van der Waals surface area contributed by atoms with Gasteiger partial charge in [-0.1, -0.05) is 17.7 Å². The van der Waals surface area contributed by atoms with Crippen LogP contribution in [0.3, 0.4) is 0 Å². The zero-order valence-electron chi connectivity index (χ0n) is 15.4. The Morgan fingerprint density at radius 3 is 2.79 bits per heavy atom. The number of nitrogens with zero attached hydrogens (tertiary/aromatic N) is 5. The second kappa shape index (κ2) is 8.10. The van der Waals surface area contributed by atoms with Gasteiger partial charge in [-0.15, -0.1) is 0 Å². The maximum Gasteiger partial charge on any atom is 0.227 e. The summed E-state index contributed by atoms with van der Waals surface area (Å²) in [6.07, 6.45) is 6.71. The molecule has 0 aromatic carbocycles. The van der Waals surface area contributed by atoms with Gasteiger partial charge in [-0.2, -0.15) is 4.98 Å². The van der Waals surface area contributed by atoms with Gasteiger partial charge in [-0.3, -0.25) is 4.21 Å². The van der Waals surface area contributed by atoms with Crippen LogP contribution < -0.4 is 10.2 Å². The Bertz CT molecular complexity index is 936. The molecule has 0 amide bonds. The standard InChI is InChI=1S/C18H21ClN6O2S/c1-11(10-26)22-17-15-14(4-7-28(15)27)23-18(24-17)25-5-2-12(3-6-25)16-20-8-13(19)9-21-16/h2,8-9,11,26H,3-7,10H2,1H3,(H,22,23,24)/t11?,28-/m1/s1. The highest BCUT2D eigenvalue weighted by Gasteiger charge is 2.28. The fourth-order valence-electron chi connectivity index (χ4n) is 3.23. The summed E-state index contributed by atoms with van der Waals surface area (Å²) in [5.41, 5.74) is 1.90. The molecule has 0 saturated carbocycles. The Morgan fingerprint density at radius 1 is 1.32 bits per heavy atom. The van der Waals surface area contributed by atoms with Gasteiger partial charge in [-0.05, 0) is 18.9 Å². The molecule has 4 rings (SSSR count). The maximum absolute atomic E-state index is 12.3. The monoisotopic (exact) mass is 420 g/mol. The first kappa shape index (κ1) is 19.2. The number of hydrogen-bond donors (Lipinski definition) is 2. The summed E-state index contributed by atoms with van der Waals surface area (Å²) >= 11 is 5.86. The third-order valence-corrected chi connectivity index (χ3v) is 6.39. The fraction of sp³-hybridized carbons (Fsp3) is 0.444. The number of rotatable bonds is 5. The van der Waals surface area contributed by atoms with E-state index in [0.717, 1.165) is 24.2 Å². The van der Waals surface area contributed by atoms with Crippen molar-refractivity contribution in [1.29, 1.82) is 0 Å². The zero-order valence-corrected chi connectivity index (χ0v) is 17.0. The van der Waals surface area contributed by atoms with E-state index in [1.807, 2.05) is 6.92 Å². The molecule has 0 bridgehead atoms. The van der Waals surface area contributed by atoms with Crippen LogP contribution in [0.5, 0.6) is 0 Å². The molecule has 2 aromatic rings. The summed E-state index contributed by atoms with van der Waals surface area (Å²) < 4.78 is 12.3. The minimum Gasteiger partial charge on any atom is -0.394 e. The zero-order chi connectivity index (χ0) is 19.7. The van der Waals surface area contributed by atoms with Gasteiger partial charge in [0.05, 0.1) is 28.1 Å². The normalized spacial score (nSPS) is 19.9. The molecule has 2 aromatic heterocycles. The van der Waals surface area contributed by atoms with Gasteiger partial charge in [-0.25, -0.2) is 15.0 Å². The first-order valence-corrected chi connectivity index (χ1v) is 10.8. The Hall–Kier alpha value is -2.10. The first-order valence-electron chi connectivity index (χ1n) is 9.13. The number of aliphatic hydroxyl groups is 1. The largest absolute Gasteiger partial charge is 0.394 e. The molecule has 1 unspecified atom stereocenters. The quantitative estimate of drug-likeness (QED) is 0.752. The van der Waals surface area contributed by atoms with Crippen molar-refractivity contribution in [2.75, 3.05) is 35.7 Å². The third-order valence-electron chi connectivity index (χ3n) is 4.73. The maximum atomic E-state index is 12.3. The van der Waals surface area contributed by atoms with Crippen LogP contribution in [0.2, 0.25) is 5.02 Å². The number of hydrogen-bond acceptors (Lipinski definition) is 8. The predicted octanol–water partition coefficient (Wildman–Crippen LogP) is 1.67. The smallest absolute Gasteiger partial charge is 0.227 e. The van der Waals surface area contributed by atoms with Crippen LogP contribution in [0, 0.1) is 0 Å². The third kappa shape index (κ3) is 3.87. The molecule has 0 spiro atoms. The average molecular weight is 421 g/mol. The van der Waals surface area contributed by atoms with Gasteiger partial charge in [0.2, 0.25) is 5.95 Å². The highest BCUT2D eigenvalue weighted by atomic mass is 35.5. The summed E-state index contributed by atoms with van der Waals surface area (Å²) in [5, 5.41) is 13.1. The van der Waals surface area contributed by atoms with Crippen LogP contribution >= 0.6 is 11.6 Å². The van der Waals surface area contributed by atoms with Crippen molar-refractivity contribution in [3.8, 4) is 0 Å². The van der Waals surface area contributed by atoms with Crippen LogP contribution in [0.4, 0.5) is 11.8 Å². The molecule has 0 fully saturated rings. The Kier molecular flexibility index (Phi) is 5.56. The number of aliphatic hydroxyl groups excluding tert-OH is 1. The van der Waals surface area contributed by atoms with Crippen LogP contribution in [-0.4, -0.2) is 60.7 Å². The van der Waals surface area contributed by atoms with E-state index in [0.29, 0.717) is 46.2 Å². The number of nitrogens with one attached hydrogen (secondary N) is 1. The predicted molar refractivity (Wildman–Crippen MR) is 109 cm³/mol. The van der Waals surface area contributed by atoms with Gasteiger partial charge in [0, 0.05) is 43.7 Å². The molecule has 2 N–H and O–H groups in total. The molecule has 2 aliphatic rings. The molecule has 8 nitrogen and oxygen atoms in total. The second-order valence-corrected chi connectivity index (χ2v) is 8.77. The minimum absolute atomic E-state index is 0.0301. The molecule has 0 saturated heterocycles. The number of aromatic nitrogens is 4. The number of halogens is 1. The van der Waals surface area contributed by atoms with Gasteiger partial charge in [0.1, 0.15) is 10.7 Å². The van der Waals surface area contributed by atoms with Gasteiger partial charge in [0.25, 0.3) is 0 Å². The topological polar surface area (TPSA) is 104 Å². The first-order chi connectivity index (χ1) is 13.5. The number of fused-ring (bicyclic) bond motifs is 1. The molecule has 148 valence electrons. The minimum atomic E-state index is -1.10. The SMILES string of the molecule is CC(CO)Nc1nc(N2CC=C(c3ncc(Cl)cn3)CC2)nc2c1[S@](=O)CC2. The van der Waals surface area contributed by atoms with Crippen molar-refractivity contribution in [2.24, 2.45) is 0 Å². The second-order valence-electron chi connectivity index (χ2n) is 6.83. The van der Waals surface area contributed by atoms with Crippen LogP contribution in [0.25, 0.3) is 5.57 Å². The van der Waals surface area contributed by atoms with Crippen LogP contribution in [0.1, 0.15) is 24.9 Å². The Balaban J connectivity index is 1.59. The summed E-state index contributed by atoms with van der Waals surface area (Å²) in [5.74, 6) is 2.42. The van der Waals surface area contributed by atoms with E-state index >= 15 is 0 Å². The molecule has 0 aliphatic carbocycles. The highest BCUT2D eigenvalue weighted by Crippen LogP contribution is 2.31. The van der Waals surface area contributed by atoms with Gasteiger partial charge >= 0.3 is 0 Å². The van der Waals surface area contributed by atoms with Gasteiger partial charge in [0.15, 0.2) is 5.82 Å². The van der Waals surface area contributed by atoms with Crippen molar-refractivity contribution in [3.63, 3.8) is 0 Å². The summed E-state index contributed by atoms with van der Waals surface area (Å²) in [6, 6.07) is -0.181. The number of anilines is 2. The molecular formula is C18H21ClN6O2S. The van der Waals surface area contributed by atoms with E-state index in [1.165, 1.54) is 0 Å². The lowest BCUT2D eigenvalue weighted by Gasteiger charge is -2.27. The molecule has 2 aliphatic heterocycles. The molecule has 28 heavy (non-hydrogen) atoms. The van der Waals surface area contributed by atoms with Crippen LogP contribution in [0.15, 0.2) is 23.4 Å². The molecule has 10 heteroatoms. The van der Waals surface area contributed by atoms with Crippen molar-refractivity contribution in [1.82, 2.24) is 19.9 Å². The van der Waals surface area contributed by atoms with Crippen molar-refractivity contribution < 1.29 is 9.32 Å². The van der Waals surface area contributed by atoms with E-state index in [1.54, 1.807) is 12.4 Å².